The highest BCUT2D eigenvalue weighted by Crippen LogP contribution is 2.19. The Kier molecular flexibility index (Phi) is 1.44. The molecule has 0 bridgehead atoms. The number of aryl methyl sites for hydroxylation is 1. The Balaban J connectivity index is 2.59. The predicted octanol–water partition coefficient (Wildman–Crippen LogP) is 3.14. The molecule has 0 radical (unpaired) electrons. The summed E-state index contributed by atoms with van der Waals surface area (Å²) in [4.78, 5) is 0. The molecule has 1 aromatic heterocycles. The molecule has 0 aliphatic heterocycles. The molecule has 13 heavy (non-hydrogen) atoms. The first-order valence-electron chi connectivity index (χ1n) is 5.43. The maximum Gasteiger partial charge on any atom is 0.0588 e. The summed E-state index contributed by atoms with van der Waals surface area (Å²) in [6, 6.07) is 8.35. The van der Waals surface area contributed by atoms with Crippen LogP contribution in [0.3, 0.4) is 0 Å². The number of benzene rings is 1. The second-order valence-electron chi connectivity index (χ2n) is 3.05. The predicted molar refractivity (Wildman–Crippen MR) is 56.9 cm³/mol. The number of aromatic nitrogens is 1. The maximum atomic E-state index is 7.44. The van der Waals surface area contributed by atoms with E-state index in [4.69, 9.17) is 2.74 Å². The Morgan fingerprint density at radius 2 is 2.46 bits per heavy atom. The highest BCUT2D eigenvalue weighted by Gasteiger charge is 2.01. The Bertz CT molecular complexity index is 499. The summed E-state index contributed by atoms with van der Waals surface area (Å²) in [7, 11) is 0. The van der Waals surface area contributed by atoms with Gasteiger partial charge >= 0.3 is 0 Å². The van der Waals surface area contributed by atoms with E-state index in [1.54, 1.807) is 0 Å². The number of allylic oxidation sites excluding steroid dienone is 1. The first kappa shape index (κ1) is 6.03. The Hall–Kier alpha value is -1.50. The number of nitrogens with zero attached hydrogens (tertiary/aromatic N) is 1. The number of hydrogen-bond donors (Lipinski definition) is 0. The van der Waals surface area contributed by atoms with Gasteiger partial charge in [-0.1, -0.05) is 24.3 Å². The molecule has 0 N–H and O–H groups in total. The second kappa shape index (κ2) is 3.09. The van der Waals surface area contributed by atoms with Gasteiger partial charge < -0.3 is 4.57 Å². The first-order valence-corrected chi connectivity index (χ1v) is 4.22. The van der Waals surface area contributed by atoms with Crippen LogP contribution in [0, 0.1) is 6.90 Å². The zero-order chi connectivity index (χ0) is 10.8. The van der Waals surface area contributed by atoms with Crippen molar-refractivity contribution in [3.8, 4) is 0 Å². The van der Waals surface area contributed by atoms with Crippen molar-refractivity contribution in [3.05, 3.63) is 48.7 Å². The zero-order valence-electron chi connectivity index (χ0n) is 9.46. The van der Waals surface area contributed by atoms with E-state index in [9.17, 15) is 0 Å². The molecular formula is C12H13N. The van der Waals surface area contributed by atoms with Crippen molar-refractivity contribution >= 4 is 10.9 Å². The van der Waals surface area contributed by atoms with Gasteiger partial charge in [0.25, 0.3) is 0 Å². The van der Waals surface area contributed by atoms with E-state index in [2.05, 4.69) is 6.58 Å². The minimum absolute atomic E-state index is 0.276. The van der Waals surface area contributed by atoms with Crippen LogP contribution in [-0.4, -0.2) is 4.57 Å². The molecule has 1 nitrogen and oxygen atoms in total. The molecule has 0 amide bonds. The fourth-order valence-corrected chi connectivity index (χ4v) is 1.57. The summed E-state index contributed by atoms with van der Waals surface area (Å²) in [5, 5.41) is 1.11. The van der Waals surface area contributed by atoms with Gasteiger partial charge in [-0.3, -0.25) is 0 Å². The van der Waals surface area contributed by atoms with Crippen molar-refractivity contribution < 1.29 is 2.74 Å². The molecule has 1 heterocycles. The van der Waals surface area contributed by atoms with Gasteiger partial charge in [0.05, 0.1) is 1.37 Å². The summed E-state index contributed by atoms with van der Waals surface area (Å²) in [5.74, 6) is 0. The monoisotopic (exact) mass is 173 g/mol. The minimum atomic E-state index is 0.276. The van der Waals surface area contributed by atoms with Crippen LogP contribution in [-0.2, 0) is 6.54 Å². The standard InChI is InChI=1S/C12H13N/c1-3-8-13-9-10(2)11-6-4-5-7-12(11)13/h3-7,9H,1,8H2,2H3/i2D,3D. The van der Waals surface area contributed by atoms with Crippen LogP contribution in [0.1, 0.15) is 8.30 Å². The summed E-state index contributed by atoms with van der Waals surface area (Å²) >= 11 is 0. The highest BCUT2D eigenvalue weighted by atomic mass is 14.9. The van der Waals surface area contributed by atoms with E-state index in [-0.39, 0.29) is 6.90 Å². The fourth-order valence-electron chi connectivity index (χ4n) is 1.57. The van der Waals surface area contributed by atoms with E-state index in [0.717, 1.165) is 16.5 Å². The fraction of sp³-hybridized carbons (Fsp3) is 0.167. The zero-order valence-corrected chi connectivity index (χ0v) is 7.46. The van der Waals surface area contributed by atoms with Gasteiger partial charge in [-0.25, -0.2) is 0 Å². The number of para-hydroxylation sites is 1. The number of fused-ring (bicyclic) bond motifs is 1. The molecule has 2 rings (SSSR count). The van der Waals surface area contributed by atoms with Gasteiger partial charge in [0.1, 0.15) is 0 Å². The Labute approximate surface area is 81.1 Å². The smallest absolute Gasteiger partial charge is 0.0588 e. The van der Waals surface area contributed by atoms with Gasteiger partial charge in [0.15, 0.2) is 0 Å². The SMILES string of the molecule is [2H]Cc1cn(CC([2H])=C)c2ccccc12. The van der Waals surface area contributed by atoms with E-state index in [0.29, 0.717) is 12.6 Å². The Morgan fingerprint density at radius 1 is 1.62 bits per heavy atom. The Morgan fingerprint density at radius 3 is 3.23 bits per heavy atom. The molecule has 0 atom stereocenters. The normalized spacial score (nSPS) is 12.6. The molecule has 1 aromatic carbocycles. The van der Waals surface area contributed by atoms with Crippen molar-refractivity contribution in [3.63, 3.8) is 0 Å². The molecule has 1 heteroatoms. The van der Waals surface area contributed by atoms with E-state index in [1.807, 2.05) is 35.0 Å². The van der Waals surface area contributed by atoms with Crippen LogP contribution in [0.2, 0.25) is 0 Å². The lowest BCUT2D eigenvalue weighted by atomic mass is 10.2. The van der Waals surface area contributed by atoms with E-state index in [1.165, 1.54) is 0 Å². The van der Waals surface area contributed by atoms with Crippen molar-refractivity contribution in [2.75, 3.05) is 0 Å². The second-order valence-corrected chi connectivity index (χ2v) is 3.05. The van der Waals surface area contributed by atoms with Crippen LogP contribution in [0.25, 0.3) is 10.9 Å². The average molecular weight is 173 g/mol. The summed E-state index contributed by atoms with van der Waals surface area (Å²) in [6.45, 7) is 4.37. The van der Waals surface area contributed by atoms with Crippen LogP contribution in [0.15, 0.2) is 43.1 Å². The van der Waals surface area contributed by atoms with Crippen LogP contribution >= 0.6 is 0 Å². The third kappa shape index (κ3) is 1.26. The van der Waals surface area contributed by atoms with Gasteiger partial charge in [0.2, 0.25) is 0 Å². The number of rotatable bonds is 2. The molecule has 0 spiro atoms. The quantitative estimate of drug-likeness (QED) is 0.615. The molecule has 0 saturated heterocycles. The maximum absolute atomic E-state index is 7.44. The van der Waals surface area contributed by atoms with Gasteiger partial charge in [-0.2, -0.15) is 0 Å². The lowest BCUT2D eigenvalue weighted by Crippen LogP contribution is -1.90. The molecule has 0 fully saturated rings. The van der Waals surface area contributed by atoms with Gasteiger partial charge in [-0.15, -0.1) is 6.58 Å². The molecule has 2 aromatic rings. The first-order chi connectivity index (χ1) is 7.22. The van der Waals surface area contributed by atoms with Gasteiger partial charge in [0, 0.05) is 25.0 Å². The number of hydrogen-bond acceptors (Lipinski definition) is 0. The molecule has 0 saturated carbocycles. The topological polar surface area (TPSA) is 4.93 Å². The average Bonchev–Trinajstić information content (AvgIpc) is 2.56. The highest BCUT2D eigenvalue weighted by molar-refractivity contribution is 5.83. The minimum Gasteiger partial charge on any atom is -0.343 e. The van der Waals surface area contributed by atoms with Crippen molar-refractivity contribution in [1.29, 1.82) is 0 Å². The van der Waals surface area contributed by atoms with Crippen LogP contribution in [0.5, 0.6) is 0 Å². The lowest BCUT2D eigenvalue weighted by molar-refractivity contribution is 0.862. The van der Waals surface area contributed by atoms with Crippen molar-refractivity contribution in [1.82, 2.24) is 4.57 Å². The lowest BCUT2D eigenvalue weighted by Gasteiger charge is -1.99. The van der Waals surface area contributed by atoms with Crippen LogP contribution < -0.4 is 0 Å². The third-order valence-corrected chi connectivity index (χ3v) is 2.15. The molecule has 0 unspecified atom stereocenters. The summed E-state index contributed by atoms with van der Waals surface area (Å²) < 4.78 is 16.8. The van der Waals surface area contributed by atoms with Crippen LogP contribution in [0.4, 0.5) is 0 Å². The van der Waals surface area contributed by atoms with Crippen molar-refractivity contribution in [2.24, 2.45) is 0 Å². The van der Waals surface area contributed by atoms with Gasteiger partial charge in [-0.05, 0) is 18.5 Å². The largest absolute Gasteiger partial charge is 0.343 e. The van der Waals surface area contributed by atoms with Crippen molar-refractivity contribution in [2.45, 2.75) is 13.4 Å². The molecular weight excluding hydrogens is 158 g/mol. The summed E-state index contributed by atoms with van der Waals surface area (Å²) in [5.41, 5.74) is 2.08. The molecule has 0 aliphatic carbocycles. The third-order valence-electron chi connectivity index (χ3n) is 2.15. The summed E-state index contributed by atoms with van der Waals surface area (Å²) in [6.07, 6.45) is 1.94. The van der Waals surface area contributed by atoms with E-state index < -0.39 is 0 Å². The van der Waals surface area contributed by atoms with E-state index >= 15 is 0 Å². The molecule has 66 valence electrons. The molecule has 0 aliphatic rings.